The van der Waals surface area contributed by atoms with E-state index in [9.17, 15) is 8.42 Å². The topological polar surface area (TPSA) is 100 Å². The number of rotatable bonds is 6. The maximum atomic E-state index is 11.4. The fourth-order valence-corrected chi connectivity index (χ4v) is 3.47. The minimum absolute atomic E-state index is 0.0482. The number of methoxy groups -OCH3 is 1. The number of aromatic nitrogens is 3. The molecule has 0 unspecified atom stereocenters. The van der Waals surface area contributed by atoms with Crippen molar-refractivity contribution in [3.8, 4) is 5.69 Å². The number of nitrogens with zero attached hydrogens (tertiary/aromatic N) is 3. The van der Waals surface area contributed by atoms with Crippen LogP contribution in [0.3, 0.4) is 0 Å². The maximum absolute atomic E-state index is 11.4. The van der Waals surface area contributed by atoms with E-state index in [1.54, 1.807) is 23.9 Å². The van der Waals surface area contributed by atoms with Crippen molar-refractivity contribution >= 4 is 26.0 Å². The van der Waals surface area contributed by atoms with Crippen molar-refractivity contribution in [1.82, 2.24) is 14.8 Å². The zero-order valence-electron chi connectivity index (χ0n) is 14.0. The Bertz CT molecular complexity index is 1020. The minimum Gasteiger partial charge on any atom is -0.377 e. The summed E-state index contributed by atoms with van der Waals surface area (Å²) in [6.07, 6.45) is 0.563. The number of ether oxygens (including phenoxy) is 1. The summed E-state index contributed by atoms with van der Waals surface area (Å²) in [6, 6.07) is 14.1. The molecule has 2 aromatic carbocycles. The third kappa shape index (κ3) is 4.36. The quantitative estimate of drug-likeness (QED) is 0.639. The van der Waals surface area contributed by atoms with Crippen molar-refractivity contribution in [2.24, 2.45) is 5.14 Å². The Kier molecular flexibility index (Phi) is 5.52. The Morgan fingerprint density at radius 2 is 1.92 bits per heavy atom. The molecule has 0 atom stereocenters. The molecule has 0 saturated carbocycles. The summed E-state index contributed by atoms with van der Waals surface area (Å²) in [6.45, 7) is 0.285. The lowest BCUT2D eigenvalue weighted by molar-refractivity contribution is 0.178. The molecule has 3 rings (SSSR count). The van der Waals surface area contributed by atoms with Gasteiger partial charge in [0, 0.05) is 18.0 Å². The standard InChI is InChI=1S/C17H17BrN4O3S/c1-25-11-16-20-17(10-12-3-2-4-13(18)9-12)22(21-16)14-5-7-15(8-6-14)26(19,23)24/h2-9H,10-11H2,1H3,(H2,19,23,24). The molecule has 0 fully saturated rings. The highest BCUT2D eigenvalue weighted by molar-refractivity contribution is 9.10. The van der Waals surface area contributed by atoms with E-state index in [0.29, 0.717) is 17.9 Å². The van der Waals surface area contributed by atoms with Gasteiger partial charge in [-0.05, 0) is 42.0 Å². The lowest BCUT2D eigenvalue weighted by Gasteiger charge is -2.07. The van der Waals surface area contributed by atoms with E-state index in [-0.39, 0.29) is 11.5 Å². The Morgan fingerprint density at radius 1 is 1.19 bits per heavy atom. The summed E-state index contributed by atoms with van der Waals surface area (Å²) in [5.41, 5.74) is 1.76. The van der Waals surface area contributed by atoms with Crippen molar-refractivity contribution < 1.29 is 13.2 Å². The molecular weight excluding hydrogens is 420 g/mol. The number of hydrogen-bond donors (Lipinski definition) is 1. The third-order valence-electron chi connectivity index (χ3n) is 3.65. The normalized spacial score (nSPS) is 11.7. The highest BCUT2D eigenvalue weighted by Crippen LogP contribution is 2.18. The first-order valence-electron chi connectivity index (χ1n) is 7.68. The first-order valence-corrected chi connectivity index (χ1v) is 10.0. The van der Waals surface area contributed by atoms with Crippen LogP contribution in [0.25, 0.3) is 5.69 Å². The van der Waals surface area contributed by atoms with E-state index in [4.69, 9.17) is 9.88 Å². The molecule has 0 aliphatic rings. The average Bonchev–Trinajstić information content (AvgIpc) is 2.97. The second kappa shape index (κ2) is 7.67. The number of halogens is 1. The second-order valence-electron chi connectivity index (χ2n) is 5.63. The highest BCUT2D eigenvalue weighted by Gasteiger charge is 2.14. The summed E-state index contributed by atoms with van der Waals surface area (Å²) in [4.78, 5) is 4.59. The van der Waals surface area contributed by atoms with Crippen molar-refractivity contribution in [2.45, 2.75) is 17.9 Å². The fourth-order valence-electron chi connectivity index (χ4n) is 2.51. The number of sulfonamides is 1. The van der Waals surface area contributed by atoms with E-state index in [1.807, 2.05) is 24.3 Å². The maximum Gasteiger partial charge on any atom is 0.238 e. The minimum atomic E-state index is -3.74. The van der Waals surface area contributed by atoms with Gasteiger partial charge in [0.1, 0.15) is 12.4 Å². The van der Waals surface area contributed by atoms with Crippen LogP contribution in [0.5, 0.6) is 0 Å². The SMILES string of the molecule is COCc1nc(Cc2cccc(Br)c2)n(-c2ccc(S(N)(=O)=O)cc2)n1. The Hall–Kier alpha value is -2.07. The molecule has 2 N–H and O–H groups in total. The molecule has 1 heterocycles. The molecule has 0 aliphatic carbocycles. The van der Waals surface area contributed by atoms with Gasteiger partial charge < -0.3 is 4.74 Å². The van der Waals surface area contributed by atoms with Crippen LogP contribution in [0.2, 0.25) is 0 Å². The van der Waals surface area contributed by atoms with Gasteiger partial charge in [-0.2, -0.15) is 0 Å². The van der Waals surface area contributed by atoms with Crippen molar-refractivity contribution in [1.29, 1.82) is 0 Å². The molecule has 7 nitrogen and oxygen atoms in total. The van der Waals surface area contributed by atoms with Gasteiger partial charge in [0.2, 0.25) is 10.0 Å². The van der Waals surface area contributed by atoms with E-state index in [0.717, 1.165) is 15.9 Å². The van der Waals surface area contributed by atoms with Crippen LogP contribution >= 0.6 is 15.9 Å². The summed E-state index contributed by atoms with van der Waals surface area (Å²) in [7, 11) is -2.16. The monoisotopic (exact) mass is 436 g/mol. The van der Waals surface area contributed by atoms with Gasteiger partial charge in [0.15, 0.2) is 5.82 Å². The van der Waals surface area contributed by atoms with Gasteiger partial charge >= 0.3 is 0 Å². The Labute approximate surface area is 160 Å². The van der Waals surface area contributed by atoms with E-state index in [1.165, 1.54) is 12.1 Å². The predicted molar refractivity (Wildman–Crippen MR) is 100 cm³/mol. The number of primary sulfonamides is 1. The van der Waals surface area contributed by atoms with E-state index in [2.05, 4.69) is 26.0 Å². The van der Waals surface area contributed by atoms with Crippen LogP contribution in [-0.4, -0.2) is 30.3 Å². The van der Waals surface area contributed by atoms with E-state index < -0.39 is 10.0 Å². The van der Waals surface area contributed by atoms with Gasteiger partial charge in [-0.3, -0.25) is 0 Å². The zero-order chi connectivity index (χ0) is 18.7. The van der Waals surface area contributed by atoms with Gasteiger partial charge in [-0.15, -0.1) is 5.10 Å². The second-order valence-corrected chi connectivity index (χ2v) is 8.11. The van der Waals surface area contributed by atoms with Crippen LogP contribution in [0.4, 0.5) is 0 Å². The first kappa shape index (κ1) is 18.7. The van der Waals surface area contributed by atoms with Crippen molar-refractivity contribution in [2.75, 3.05) is 7.11 Å². The van der Waals surface area contributed by atoms with Gasteiger partial charge in [-0.1, -0.05) is 28.1 Å². The lowest BCUT2D eigenvalue weighted by Crippen LogP contribution is -2.12. The summed E-state index contributed by atoms with van der Waals surface area (Å²) in [5.74, 6) is 1.27. The van der Waals surface area contributed by atoms with Crippen LogP contribution < -0.4 is 5.14 Å². The predicted octanol–water partition coefficient (Wildman–Crippen LogP) is 2.41. The average molecular weight is 437 g/mol. The third-order valence-corrected chi connectivity index (χ3v) is 5.08. The summed E-state index contributed by atoms with van der Waals surface area (Å²) in [5, 5.41) is 9.62. The van der Waals surface area contributed by atoms with Gasteiger partial charge in [0.05, 0.1) is 10.6 Å². The molecule has 0 amide bonds. The molecule has 26 heavy (non-hydrogen) atoms. The first-order chi connectivity index (χ1) is 12.4. The Balaban J connectivity index is 2.00. The summed E-state index contributed by atoms with van der Waals surface area (Å²) >= 11 is 3.46. The zero-order valence-corrected chi connectivity index (χ0v) is 16.4. The largest absolute Gasteiger partial charge is 0.377 e. The van der Waals surface area contributed by atoms with Gasteiger partial charge in [-0.25, -0.2) is 23.2 Å². The van der Waals surface area contributed by atoms with Crippen LogP contribution in [0.15, 0.2) is 57.9 Å². The molecule has 136 valence electrons. The molecule has 0 aliphatic heterocycles. The number of hydrogen-bond acceptors (Lipinski definition) is 5. The fraction of sp³-hybridized carbons (Fsp3) is 0.176. The molecular formula is C17H17BrN4O3S. The molecule has 0 saturated heterocycles. The molecule has 0 bridgehead atoms. The van der Waals surface area contributed by atoms with Gasteiger partial charge in [0.25, 0.3) is 0 Å². The molecule has 0 radical (unpaired) electrons. The van der Waals surface area contributed by atoms with Crippen LogP contribution in [0.1, 0.15) is 17.2 Å². The smallest absolute Gasteiger partial charge is 0.238 e. The molecule has 9 heteroatoms. The van der Waals surface area contributed by atoms with E-state index >= 15 is 0 Å². The van der Waals surface area contributed by atoms with Crippen molar-refractivity contribution in [3.05, 3.63) is 70.2 Å². The number of nitrogens with two attached hydrogens (primary N) is 1. The molecule has 0 spiro atoms. The summed E-state index contributed by atoms with van der Waals surface area (Å²) < 4.78 is 30.7. The van der Waals surface area contributed by atoms with Crippen molar-refractivity contribution in [3.63, 3.8) is 0 Å². The molecule has 1 aromatic heterocycles. The number of benzene rings is 2. The lowest BCUT2D eigenvalue weighted by atomic mass is 10.1. The van der Waals surface area contributed by atoms with Crippen LogP contribution in [0, 0.1) is 0 Å². The van der Waals surface area contributed by atoms with Crippen LogP contribution in [-0.2, 0) is 27.8 Å². The Morgan fingerprint density at radius 3 is 2.54 bits per heavy atom. The highest BCUT2D eigenvalue weighted by atomic mass is 79.9. The molecule has 3 aromatic rings.